The highest BCUT2D eigenvalue weighted by molar-refractivity contribution is 7.99. The van der Waals surface area contributed by atoms with Gasteiger partial charge in [-0.3, -0.25) is 4.79 Å². The van der Waals surface area contributed by atoms with Gasteiger partial charge in [0.2, 0.25) is 5.91 Å². The van der Waals surface area contributed by atoms with Gasteiger partial charge in [-0.05, 0) is 30.5 Å². The van der Waals surface area contributed by atoms with E-state index in [0.29, 0.717) is 5.75 Å². The van der Waals surface area contributed by atoms with Crippen molar-refractivity contribution >= 4 is 23.4 Å². The highest BCUT2D eigenvalue weighted by Crippen LogP contribution is 2.20. The zero-order valence-corrected chi connectivity index (χ0v) is 16.5. The third-order valence-electron chi connectivity index (χ3n) is 4.32. The number of aromatic nitrogens is 3. The number of carbonyl (C=O) groups excluding carboxylic acids is 1. The van der Waals surface area contributed by atoms with Gasteiger partial charge in [-0.25, -0.2) is 0 Å². The van der Waals surface area contributed by atoms with E-state index in [1.165, 1.54) is 17.3 Å². The molecule has 1 N–H and O–H groups in total. The Morgan fingerprint density at radius 1 is 1.04 bits per heavy atom. The van der Waals surface area contributed by atoms with Crippen LogP contribution in [-0.4, -0.2) is 26.4 Å². The third-order valence-corrected chi connectivity index (χ3v) is 5.29. The van der Waals surface area contributed by atoms with E-state index in [1.54, 1.807) is 0 Å². The third kappa shape index (κ3) is 4.98. The minimum Gasteiger partial charge on any atom is -0.325 e. The van der Waals surface area contributed by atoms with Crippen molar-refractivity contribution in [3.63, 3.8) is 0 Å². The van der Waals surface area contributed by atoms with Crippen molar-refractivity contribution in [2.45, 2.75) is 38.4 Å². The number of hydrogen-bond donors (Lipinski definition) is 1. The predicted octanol–water partition coefficient (Wildman–Crippen LogP) is 4.18. The number of rotatable bonds is 8. The number of anilines is 1. The summed E-state index contributed by atoms with van der Waals surface area (Å²) in [4.78, 5) is 12.4. The maximum absolute atomic E-state index is 12.4. The van der Waals surface area contributed by atoms with Gasteiger partial charge in [0.1, 0.15) is 5.82 Å². The van der Waals surface area contributed by atoms with Crippen molar-refractivity contribution in [2.24, 2.45) is 0 Å². The number of para-hydroxylation sites is 1. The van der Waals surface area contributed by atoms with Crippen molar-refractivity contribution in [3.05, 3.63) is 71.5 Å². The van der Waals surface area contributed by atoms with Crippen LogP contribution in [0, 0.1) is 0 Å². The van der Waals surface area contributed by atoms with Crippen molar-refractivity contribution in [1.82, 2.24) is 14.8 Å². The van der Waals surface area contributed by atoms with E-state index in [0.717, 1.165) is 41.6 Å². The number of nitrogens with zero attached hydrogens (tertiary/aromatic N) is 3. The highest BCUT2D eigenvalue weighted by Gasteiger charge is 2.14. The van der Waals surface area contributed by atoms with Gasteiger partial charge in [-0.1, -0.05) is 67.2 Å². The molecule has 5 nitrogen and oxygen atoms in total. The molecule has 0 aliphatic carbocycles. The molecule has 1 aromatic heterocycles. The summed E-state index contributed by atoms with van der Waals surface area (Å²) in [6.07, 6.45) is 1.62. The number of benzene rings is 2. The normalized spacial score (nSPS) is 10.7. The van der Waals surface area contributed by atoms with E-state index in [9.17, 15) is 4.79 Å². The number of hydrogen-bond acceptors (Lipinski definition) is 4. The van der Waals surface area contributed by atoms with Gasteiger partial charge in [0, 0.05) is 18.7 Å². The van der Waals surface area contributed by atoms with Crippen LogP contribution in [-0.2, 0) is 24.2 Å². The molecule has 0 saturated carbocycles. The van der Waals surface area contributed by atoms with Crippen LogP contribution < -0.4 is 5.32 Å². The molecule has 1 heterocycles. The molecule has 0 spiro atoms. The first-order valence-electron chi connectivity index (χ1n) is 9.17. The Morgan fingerprint density at radius 2 is 1.78 bits per heavy atom. The lowest BCUT2D eigenvalue weighted by Gasteiger charge is -2.10. The Bertz CT molecular complexity index is 892. The first-order chi connectivity index (χ1) is 13.2. The Morgan fingerprint density at radius 3 is 2.52 bits per heavy atom. The van der Waals surface area contributed by atoms with Gasteiger partial charge in [-0.15, -0.1) is 10.2 Å². The second kappa shape index (κ2) is 9.37. The Labute approximate surface area is 164 Å². The number of carbonyl (C=O) groups is 1. The maximum atomic E-state index is 12.4. The molecule has 6 heteroatoms. The standard InChI is InChI=1S/C21H24N4OS/c1-3-17-12-8-9-13-18(17)22-20(26)15-27-21-24-23-19(25(21)4-2)14-16-10-6-5-7-11-16/h5-13H,3-4,14-15H2,1-2H3,(H,22,26). The molecule has 0 atom stereocenters. The van der Waals surface area contributed by atoms with Crippen LogP contribution in [0.5, 0.6) is 0 Å². The summed E-state index contributed by atoms with van der Waals surface area (Å²) < 4.78 is 2.07. The van der Waals surface area contributed by atoms with E-state index >= 15 is 0 Å². The fraction of sp³-hybridized carbons (Fsp3) is 0.286. The van der Waals surface area contributed by atoms with E-state index < -0.39 is 0 Å². The predicted molar refractivity (Wildman–Crippen MR) is 110 cm³/mol. The van der Waals surface area contributed by atoms with E-state index in [1.807, 2.05) is 42.5 Å². The van der Waals surface area contributed by atoms with Crippen LogP contribution in [0.4, 0.5) is 5.69 Å². The molecule has 0 fully saturated rings. The quantitative estimate of drug-likeness (QED) is 0.596. The second-order valence-electron chi connectivity index (χ2n) is 6.15. The van der Waals surface area contributed by atoms with Crippen molar-refractivity contribution in [1.29, 1.82) is 0 Å². The van der Waals surface area contributed by atoms with Gasteiger partial charge >= 0.3 is 0 Å². The number of amides is 1. The number of nitrogens with one attached hydrogen (secondary N) is 1. The van der Waals surface area contributed by atoms with Crippen LogP contribution in [0.2, 0.25) is 0 Å². The van der Waals surface area contributed by atoms with E-state index in [-0.39, 0.29) is 5.91 Å². The largest absolute Gasteiger partial charge is 0.325 e. The fourth-order valence-electron chi connectivity index (χ4n) is 2.92. The van der Waals surface area contributed by atoms with Crippen LogP contribution >= 0.6 is 11.8 Å². The van der Waals surface area contributed by atoms with E-state index in [4.69, 9.17) is 0 Å². The van der Waals surface area contributed by atoms with Gasteiger partial charge in [-0.2, -0.15) is 0 Å². The zero-order chi connectivity index (χ0) is 19.1. The SMILES string of the molecule is CCc1ccccc1NC(=O)CSc1nnc(Cc2ccccc2)n1CC. The van der Waals surface area contributed by atoms with Crippen LogP contribution in [0.25, 0.3) is 0 Å². The Hall–Kier alpha value is -2.60. The van der Waals surface area contributed by atoms with Crippen molar-refractivity contribution in [2.75, 3.05) is 11.1 Å². The van der Waals surface area contributed by atoms with Gasteiger partial charge in [0.05, 0.1) is 5.75 Å². The lowest BCUT2D eigenvalue weighted by molar-refractivity contribution is -0.113. The first-order valence-corrected chi connectivity index (χ1v) is 10.2. The lowest BCUT2D eigenvalue weighted by atomic mass is 10.1. The molecule has 1 amide bonds. The molecular weight excluding hydrogens is 356 g/mol. The molecule has 140 valence electrons. The summed E-state index contributed by atoms with van der Waals surface area (Å²) in [6.45, 7) is 4.93. The van der Waals surface area contributed by atoms with Gasteiger partial charge in [0.25, 0.3) is 0 Å². The summed E-state index contributed by atoms with van der Waals surface area (Å²) in [5.74, 6) is 1.20. The van der Waals surface area contributed by atoms with Crippen LogP contribution in [0.15, 0.2) is 59.8 Å². The minimum atomic E-state index is -0.0313. The van der Waals surface area contributed by atoms with Crippen molar-refractivity contribution in [3.8, 4) is 0 Å². The van der Waals surface area contributed by atoms with Crippen LogP contribution in [0.1, 0.15) is 30.8 Å². The first kappa shape index (κ1) is 19.2. The van der Waals surface area contributed by atoms with Gasteiger partial charge < -0.3 is 9.88 Å². The second-order valence-corrected chi connectivity index (χ2v) is 7.10. The van der Waals surface area contributed by atoms with Crippen LogP contribution in [0.3, 0.4) is 0 Å². The average Bonchev–Trinajstić information content (AvgIpc) is 3.09. The number of aryl methyl sites for hydroxylation is 1. The Kier molecular flexibility index (Phi) is 6.65. The molecule has 0 aliphatic heterocycles. The number of thioether (sulfide) groups is 1. The fourth-order valence-corrected chi connectivity index (χ4v) is 3.74. The molecular formula is C21H24N4OS. The molecule has 0 radical (unpaired) electrons. The van der Waals surface area contributed by atoms with Crippen molar-refractivity contribution < 1.29 is 4.79 Å². The lowest BCUT2D eigenvalue weighted by Crippen LogP contribution is -2.16. The summed E-state index contributed by atoms with van der Waals surface area (Å²) in [5, 5.41) is 12.4. The topological polar surface area (TPSA) is 59.8 Å². The molecule has 3 rings (SSSR count). The molecule has 0 bridgehead atoms. The molecule has 0 aliphatic rings. The minimum absolute atomic E-state index is 0.0313. The maximum Gasteiger partial charge on any atom is 0.234 e. The summed E-state index contributed by atoms with van der Waals surface area (Å²) >= 11 is 1.42. The highest BCUT2D eigenvalue weighted by atomic mass is 32.2. The molecule has 3 aromatic rings. The monoisotopic (exact) mass is 380 g/mol. The van der Waals surface area contributed by atoms with Gasteiger partial charge in [0.15, 0.2) is 5.16 Å². The molecule has 0 unspecified atom stereocenters. The Balaban J connectivity index is 1.63. The summed E-state index contributed by atoms with van der Waals surface area (Å²) in [5.41, 5.74) is 3.22. The summed E-state index contributed by atoms with van der Waals surface area (Å²) in [7, 11) is 0. The zero-order valence-electron chi connectivity index (χ0n) is 15.7. The summed E-state index contributed by atoms with van der Waals surface area (Å²) in [6, 6.07) is 18.1. The smallest absolute Gasteiger partial charge is 0.234 e. The molecule has 0 saturated heterocycles. The molecule has 27 heavy (non-hydrogen) atoms. The molecule has 2 aromatic carbocycles. The average molecular weight is 381 g/mol. The van der Waals surface area contributed by atoms with E-state index in [2.05, 4.69) is 46.1 Å².